The van der Waals surface area contributed by atoms with Crippen LogP contribution in [-0.4, -0.2) is 28.0 Å². The summed E-state index contributed by atoms with van der Waals surface area (Å²) < 4.78 is 114. The minimum atomic E-state index is -5.68. The van der Waals surface area contributed by atoms with Gasteiger partial charge >= 0.3 is 20.2 Å². The molecule has 30 heavy (non-hydrogen) atoms. The Morgan fingerprint density at radius 1 is 0.667 bits per heavy atom. The van der Waals surface area contributed by atoms with E-state index in [4.69, 9.17) is 4.55 Å². The molecule has 0 aliphatic heterocycles. The molecule has 0 spiro atoms. The van der Waals surface area contributed by atoms with Crippen LogP contribution in [0.3, 0.4) is 0 Å². The average Bonchev–Trinajstić information content (AvgIpc) is 2.63. The lowest BCUT2D eigenvalue weighted by molar-refractivity contribution is 0.296. The fourth-order valence-electron chi connectivity index (χ4n) is 2.85. The van der Waals surface area contributed by atoms with Gasteiger partial charge in [0, 0.05) is 0 Å². The molecule has 0 saturated carbocycles. The number of halogens is 4. The van der Waals surface area contributed by atoms with E-state index in [2.05, 4.69) is 11.1 Å². The van der Waals surface area contributed by atoms with Crippen molar-refractivity contribution in [3.8, 4) is 0 Å². The van der Waals surface area contributed by atoms with Gasteiger partial charge in [-0.3, -0.25) is 8.74 Å². The maximum Gasteiger partial charge on any atom is 0.303 e. The highest BCUT2D eigenvalue weighted by Gasteiger charge is 2.37. The minimum absolute atomic E-state index is 0.229. The van der Waals surface area contributed by atoms with Gasteiger partial charge in [0.1, 0.15) is 0 Å². The highest BCUT2D eigenvalue weighted by molar-refractivity contribution is 7.87. The fraction of sp³-hybridized carbons (Fsp3) is 0.667. The van der Waals surface area contributed by atoms with Crippen LogP contribution in [0.25, 0.3) is 0 Å². The third-order valence-electron chi connectivity index (χ3n) is 4.43. The summed E-state index contributed by atoms with van der Waals surface area (Å²) in [5, 5.41) is 0. The molecule has 12 heteroatoms. The van der Waals surface area contributed by atoms with E-state index in [0.717, 1.165) is 32.1 Å². The van der Waals surface area contributed by atoms with Crippen molar-refractivity contribution in [3.05, 3.63) is 23.3 Å². The van der Waals surface area contributed by atoms with Gasteiger partial charge in [0.25, 0.3) is 0 Å². The molecule has 1 rings (SSSR count). The molecular weight excluding hydrogens is 452 g/mol. The maximum absolute atomic E-state index is 13.9. The van der Waals surface area contributed by atoms with Crippen LogP contribution in [-0.2, 0) is 24.4 Å². The van der Waals surface area contributed by atoms with Gasteiger partial charge in [-0.2, -0.15) is 16.8 Å². The molecule has 0 saturated heterocycles. The second kappa shape index (κ2) is 12.0. The molecular formula is C18H26F4O6S2. The first-order valence-electron chi connectivity index (χ1n) is 9.68. The van der Waals surface area contributed by atoms with Crippen LogP contribution >= 0.6 is 0 Å². The summed E-state index contributed by atoms with van der Waals surface area (Å²) in [5.41, 5.74) is 0. The topological polar surface area (TPSA) is 97.7 Å². The molecule has 0 heterocycles. The number of rotatable bonds is 14. The number of unbranched alkanes of at least 4 members (excludes halogenated alkanes) is 9. The lowest BCUT2D eigenvalue weighted by Gasteiger charge is -2.11. The van der Waals surface area contributed by atoms with E-state index < -0.39 is 59.9 Å². The summed E-state index contributed by atoms with van der Waals surface area (Å²) in [6.07, 6.45) is 9.43. The molecule has 0 bridgehead atoms. The van der Waals surface area contributed by atoms with Gasteiger partial charge in [-0.25, -0.2) is 17.6 Å². The van der Waals surface area contributed by atoms with Gasteiger partial charge in [0.05, 0.1) is 6.61 Å². The van der Waals surface area contributed by atoms with Gasteiger partial charge < -0.3 is 0 Å². The summed E-state index contributed by atoms with van der Waals surface area (Å²) in [4.78, 5) is -4.40. The SMILES string of the molecule is CCCCCCCCCCCCOS(=O)(=O)c1c(F)c(F)c(S(=O)(=O)O)c(F)c1F. The average molecular weight is 479 g/mol. The first-order chi connectivity index (χ1) is 13.9. The van der Waals surface area contributed by atoms with E-state index >= 15 is 0 Å². The monoisotopic (exact) mass is 478 g/mol. The Bertz CT molecular complexity index is 888. The molecule has 0 unspecified atom stereocenters. The van der Waals surface area contributed by atoms with Gasteiger partial charge in [0.15, 0.2) is 33.1 Å². The third-order valence-corrected chi connectivity index (χ3v) is 6.64. The molecule has 6 nitrogen and oxygen atoms in total. The zero-order valence-electron chi connectivity index (χ0n) is 16.6. The lowest BCUT2D eigenvalue weighted by Crippen LogP contribution is -2.18. The van der Waals surface area contributed by atoms with Crippen LogP contribution in [0.15, 0.2) is 9.79 Å². The van der Waals surface area contributed by atoms with Crippen molar-refractivity contribution in [3.63, 3.8) is 0 Å². The Labute approximate surface area is 174 Å². The van der Waals surface area contributed by atoms with E-state index in [1.807, 2.05) is 0 Å². The second-order valence-electron chi connectivity index (χ2n) is 6.85. The lowest BCUT2D eigenvalue weighted by atomic mass is 10.1. The van der Waals surface area contributed by atoms with Crippen molar-refractivity contribution in [2.45, 2.75) is 80.9 Å². The van der Waals surface area contributed by atoms with Gasteiger partial charge in [-0.1, -0.05) is 64.7 Å². The van der Waals surface area contributed by atoms with Crippen LogP contribution in [0.5, 0.6) is 0 Å². The summed E-state index contributed by atoms with van der Waals surface area (Å²) in [5.74, 6) is -10.1. The Kier molecular flexibility index (Phi) is 10.7. The van der Waals surface area contributed by atoms with E-state index in [-0.39, 0.29) is 6.42 Å². The third kappa shape index (κ3) is 7.47. The number of hydrogen-bond acceptors (Lipinski definition) is 5. The molecule has 0 amide bonds. The first kappa shape index (κ1) is 26.8. The molecule has 0 fully saturated rings. The highest BCUT2D eigenvalue weighted by Crippen LogP contribution is 2.31. The molecule has 0 aliphatic carbocycles. The van der Waals surface area contributed by atoms with Crippen molar-refractivity contribution in [1.29, 1.82) is 0 Å². The van der Waals surface area contributed by atoms with Crippen molar-refractivity contribution < 1.29 is 43.1 Å². The van der Waals surface area contributed by atoms with Crippen LogP contribution in [0, 0.1) is 23.3 Å². The Balaban J connectivity index is 2.64. The maximum atomic E-state index is 13.9. The zero-order valence-corrected chi connectivity index (χ0v) is 18.2. The molecule has 0 aliphatic rings. The first-order valence-corrected chi connectivity index (χ1v) is 12.5. The van der Waals surface area contributed by atoms with E-state index in [1.54, 1.807) is 0 Å². The van der Waals surface area contributed by atoms with Crippen molar-refractivity contribution in [2.24, 2.45) is 0 Å². The van der Waals surface area contributed by atoms with Crippen molar-refractivity contribution in [2.75, 3.05) is 6.61 Å². The highest BCUT2D eigenvalue weighted by atomic mass is 32.2. The summed E-state index contributed by atoms with van der Waals surface area (Å²) in [6.45, 7) is 1.66. The summed E-state index contributed by atoms with van der Waals surface area (Å²) in [6, 6.07) is 0. The summed E-state index contributed by atoms with van der Waals surface area (Å²) in [7, 11) is -10.9. The van der Waals surface area contributed by atoms with E-state index in [9.17, 15) is 34.4 Å². The standard InChI is InChI=1S/C18H26F4O6S2/c1-2-3-4-5-6-7-8-9-10-11-12-28-30(26,27)18-15(21)13(19)17(29(23,24)25)14(20)16(18)22/h2-12H2,1H3,(H,23,24,25). The normalized spacial score (nSPS) is 12.5. The van der Waals surface area contributed by atoms with Crippen LogP contribution in [0.1, 0.15) is 71.1 Å². The predicted molar refractivity (Wildman–Crippen MR) is 101 cm³/mol. The Morgan fingerprint density at radius 2 is 1.03 bits per heavy atom. The molecule has 0 radical (unpaired) electrons. The second-order valence-corrected chi connectivity index (χ2v) is 9.76. The molecule has 174 valence electrons. The minimum Gasteiger partial charge on any atom is -0.282 e. The van der Waals surface area contributed by atoms with Crippen LogP contribution in [0.4, 0.5) is 17.6 Å². The van der Waals surface area contributed by atoms with Gasteiger partial charge in [-0.15, -0.1) is 0 Å². The van der Waals surface area contributed by atoms with E-state index in [0.29, 0.717) is 6.42 Å². The number of benzene rings is 1. The molecule has 1 aromatic rings. The van der Waals surface area contributed by atoms with Gasteiger partial charge in [-0.05, 0) is 6.42 Å². The number of hydrogen-bond donors (Lipinski definition) is 1. The van der Waals surface area contributed by atoms with Crippen LogP contribution in [0.2, 0.25) is 0 Å². The quantitative estimate of drug-likeness (QED) is 0.131. The molecule has 0 aromatic heterocycles. The smallest absolute Gasteiger partial charge is 0.282 e. The Morgan fingerprint density at radius 3 is 1.43 bits per heavy atom. The van der Waals surface area contributed by atoms with E-state index in [1.165, 1.54) is 19.3 Å². The van der Waals surface area contributed by atoms with Crippen LogP contribution < -0.4 is 0 Å². The molecule has 0 atom stereocenters. The fourth-order valence-corrected chi connectivity index (χ4v) is 4.56. The largest absolute Gasteiger partial charge is 0.303 e. The predicted octanol–water partition coefficient (Wildman–Crippen LogP) is 5.12. The zero-order chi connectivity index (χ0) is 22.9. The summed E-state index contributed by atoms with van der Waals surface area (Å²) >= 11 is 0. The molecule has 1 aromatic carbocycles. The van der Waals surface area contributed by atoms with Crippen molar-refractivity contribution >= 4 is 20.2 Å². The van der Waals surface area contributed by atoms with Gasteiger partial charge in [0.2, 0.25) is 0 Å². The Hall–Kier alpha value is -1.24. The van der Waals surface area contributed by atoms with Crippen molar-refractivity contribution in [1.82, 2.24) is 0 Å². The molecule has 1 N–H and O–H groups in total.